The highest BCUT2D eigenvalue weighted by Gasteiger charge is 2.16. The molecule has 1 heterocycles. The minimum absolute atomic E-state index is 0.0772. The molecule has 1 aromatic heterocycles. The minimum atomic E-state index is 0.0772. The normalized spacial score (nSPS) is 11.7. The van der Waals surface area contributed by atoms with Gasteiger partial charge in [0.05, 0.1) is 12.8 Å². The molecule has 0 fully saturated rings. The van der Waals surface area contributed by atoms with Gasteiger partial charge in [0.15, 0.2) is 5.13 Å². The van der Waals surface area contributed by atoms with E-state index in [1.54, 1.807) is 18.4 Å². The maximum atomic E-state index is 12.5. The summed E-state index contributed by atoms with van der Waals surface area (Å²) >= 11 is 1.55. The number of ether oxygens (including phenoxy) is 1. The number of amides is 1. The lowest BCUT2D eigenvalue weighted by Gasteiger charge is -2.14. The summed E-state index contributed by atoms with van der Waals surface area (Å²) in [7, 11) is 1.65. The standard InChI is InChI=1S/C24H29N3O2S/c1-4-6-8-17(5-2)23(28)25-19-13-11-18(12-14-19)22-16-30-24(27-22)26-20-9-7-10-21(15-20)29-3/h7,9-17H,4-6,8H2,1-3H3,(H,25,28)(H,26,27)/t17-/m1/s1. The smallest absolute Gasteiger partial charge is 0.227 e. The van der Waals surface area contributed by atoms with E-state index >= 15 is 0 Å². The highest BCUT2D eigenvalue weighted by atomic mass is 32.1. The number of methoxy groups -OCH3 is 1. The molecule has 0 aliphatic heterocycles. The molecule has 5 nitrogen and oxygen atoms in total. The summed E-state index contributed by atoms with van der Waals surface area (Å²) in [5.74, 6) is 0.986. The molecule has 3 aromatic rings. The molecule has 0 radical (unpaired) electrons. The van der Waals surface area contributed by atoms with Gasteiger partial charge in [-0.25, -0.2) is 4.98 Å². The first kappa shape index (κ1) is 21.8. The Balaban J connectivity index is 1.63. The predicted molar refractivity (Wildman–Crippen MR) is 126 cm³/mol. The molecule has 158 valence electrons. The van der Waals surface area contributed by atoms with Crippen molar-refractivity contribution in [1.29, 1.82) is 0 Å². The SMILES string of the molecule is CCCC[C@@H](CC)C(=O)Nc1ccc(-c2csc(Nc3cccc(OC)c3)n2)cc1. The van der Waals surface area contributed by atoms with E-state index in [-0.39, 0.29) is 11.8 Å². The third kappa shape index (κ3) is 5.83. The van der Waals surface area contributed by atoms with Crippen LogP contribution in [-0.4, -0.2) is 18.0 Å². The first-order chi connectivity index (χ1) is 14.6. The van der Waals surface area contributed by atoms with Crippen molar-refractivity contribution in [2.45, 2.75) is 39.5 Å². The summed E-state index contributed by atoms with van der Waals surface area (Å²) in [5, 5.41) is 9.20. The summed E-state index contributed by atoms with van der Waals surface area (Å²) in [6, 6.07) is 15.6. The highest BCUT2D eigenvalue weighted by Crippen LogP contribution is 2.29. The van der Waals surface area contributed by atoms with Gasteiger partial charge in [0.25, 0.3) is 0 Å². The minimum Gasteiger partial charge on any atom is -0.497 e. The Morgan fingerprint density at radius 3 is 2.63 bits per heavy atom. The van der Waals surface area contributed by atoms with E-state index in [1.807, 2.05) is 53.9 Å². The van der Waals surface area contributed by atoms with E-state index in [1.165, 1.54) is 0 Å². The van der Waals surface area contributed by atoms with Gasteiger partial charge in [-0.3, -0.25) is 4.79 Å². The zero-order valence-corrected chi connectivity index (χ0v) is 18.6. The van der Waals surface area contributed by atoms with Gasteiger partial charge in [0, 0.05) is 34.3 Å². The number of hydrogen-bond donors (Lipinski definition) is 2. The molecule has 1 atom stereocenters. The summed E-state index contributed by atoms with van der Waals surface area (Å²) in [5.41, 5.74) is 3.67. The Labute approximate surface area is 182 Å². The van der Waals surface area contributed by atoms with E-state index < -0.39 is 0 Å². The van der Waals surface area contributed by atoms with Gasteiger partial charge in [-0.15, -0.1) is 11.3 Å². The van der Waals surface area contributed by atoms with Crippen molar-refractivity contribution in [1.82, 2.24) is 4.98 Å². The maximum Gasteiger partial charge on any atom is 0.227 e. The predicted octanol–water partition coefficient (Wildman–Crippen LogP) is 6.72. The molecule has 0 saturated carbocycles. The van der Waals surface area contributed by atoms with Crippen molar-refractivity contribution in [3.8, 4) is 17.0 Å². The molecule has 6 heteroatoms. The van der Waals surface area contributed by atoms with E-state index in [0.717, 1.165) is 59.2 Å². The fourth-order valence-corrected chi connectivity index (χ4v) is 3.97. The third-order valence-corrected chi connectivity index (χ3v) is 5.80. The topological polar surface area (TPSA) is 63.2 Å². The van der Waals surface area contributed by atoms with Crippen LogP contribution >= 0.6 is 11.3 Å². The first-order valence-corrected chi connectivity index (χ1v) is 11.3. The molecule has 0 bridgehead atoms. The summed E-state index contributed by atoms with van der Waals surface area (Å²) in [6.45, 7) is 4.22. The van der Waals surface area contributed by atoms with Crippen LogP contribution in [0.25, 0.3) is 11.3 Å². The molecule has 0 spiro atoms. The highest BCUT2D eigenvalue weighted by molar-refractivity contribution is 7.14. The van der Waals surface area contributed by atoms with Crippen molar-refractivity contribution < 1.29 is 9.53 Å². The van der Waals surface area contributed by atoms with Crippen molar-refractivity contribution in [3.05, 3.63) is 53.9 Å². The number of carbonyl (C=O) groups excluding carboxylic acids is 1. The molecule has 0 saturated heterocycles. The number of thiazole rings is 1. The zero-order valence-electron chi connectivity index (χ0n) is 17.8. The summed E-state index contributed by atoms with van der Waals surface area (Å²) < 4.78 is 5.26. The average molecular weight is 424 g/mol. The molecule has 3 rings (SSSR count). The second-order valence-corrected chi connectivity index (χ2v) is 8.07. The van der Waals surface area contributed by atoms with Gasteiger partial charge in [-0.05, 0) is 37.1 Å². The van der Waals surface area contributed by atoms with Crippen LogP contribution in [0.5, 0.6) is 5.75 Å². The van der Waals surface area contributed by atoms with Crippen molar-refractivity contribution in [3.63, 3.8) is 0 Å². The van der Waals surface area contributed by atoms with Crippen LogP contribution in [0, 0.1) is 5.92 Å². The number of nitrogens with one attached hydrogen (secondary N) is 2. The fraction of sp³-hybridized carbons (Fsp3) is 0.333. The Bertz CT molecular complexity index is 953. The molecular weight excluding hydrogens is 394 g/mol. The lowest BCUT2D eigenvalue weighted by molar-refractivity contribution is -0.120. The van der Waals surface area contributed by atoms with Crippen molar-refractivity contribution in [2.24, 2.45) is 5.92 Å². The van der Waals surface area contributed by atoms with E-state index in [2.05, 4.69) is 29.5 Å². The fourth-order valence-electron chi connectivity index (χ4n) is 3.23. The molecule has 30 heavy (non-hydrogen) atoms. The molecular formula is C24H29N3O2S. The number of rotatable bonds is 10. The van der Waals surface area contributed by atoms with Gasteiger partial charge < -0.3 is 15.4 Å². The van der Waals surface area contributed by atoms with Crippen LogP contribution in [-0.2, 0) is 4.79 Å². The van der Waals surface area contributed by atoms with Crippen molar-refractivity contribution in [2.75, 3.05) is 17.7 Å². The van der Waals surface area contributed by atoms with Crippen LogP contribution in [0.15, 0.2) is 53.9 Å². The number of hydrogen-bond acceptors (Lipinski definition) is 5. The summed E-state index contributed by atoms with van der Waals surface area (Å²) in [4.78, 5) is 17.2. The Hall–Kier alpha value is -2.86. The van der Waals surface area contributed by atoms with Crippen molar-refractivity contribution >= 4 is 33.8 Å². The second kappa shape index (κ2) is 10.8. The molecule has 0 unspecified atom stereocenters. The van der Waals surface area contributed by atoms with Crippen LogP contribution in [0.1, 0.15) is 39.5 Å². The third-order valence-electron chi connectivity index (χ3n) is 5.04. The van der Waals surface area contributed by atoms with Crippen LogP contribution in [0.3, 0.4) is 0 Å². The van der Waals surface area contributed by atoms with E-state index in [0.29, 0.717) is 0 Å². The molecule has 1 amide bonds. The van der Waals surface area contributed by atoms with Gasteiger partial charge in [0.1, 0.15) is 5.75 Å². The van der Waals surface area contributed by atoms with E-state index in [4.69, 9.17) is 4.74 Å². The number of carbonyl (C=O) groups is 1. The van der Waals surface area contributed by atoms with E-state index in [9.17, 15) is 4.79 Å². The van der Waals surface area contributed by atoms with Gasteiger partial charge in [-0.1, -0.05) is 44.9 Å². The quantitative estimate of drug-likeness (QED) is 0.380. The van der Waals surface area contributed by atoms with Crippen LogP contribution in [0.2, 0.25) is 0 Å². The van der Waals surface area contributed by atoms with Gasteiger partial charge >= 0.3 is 0 Å². The summed E-state index contributed by atoms with van der Waals surface area (Å²) in [6.07, 6.45) is 4.01. The Morgan fingerprint density at radius 1 is 1.13 bits per heavy atom. The zero-order chi connectivity index (χ0) is 21.3. The molecule has 2 N–H and O–H groups in total. The van der Waals surface area contributed by atoms with Crippen LogP contribution < -0.4 is 15.4 Å². The van der Waals surface area contributed by atoms with Gasteiger partial charge in [-0.2, -0.15) is 0 Å². The lowest BCUT2D eigenvalue weighted by atomic mass is 9.98. The molecule has 0 aliphatic rings. The Kier molecular flexibility index (Phi) is 7.85. The lowest BCUT2D eigenvalue weighted by Crippen LogP contribution is -2.22. The maximum absolute atomic E-state index is 12.5. The Morgan fingerprint density at radius 2 is 1.93 bits per heavy atom. The number of benzene rings is 2. The average Bonchev–Trinajstić information content (AvgIpc) is 3.23. The second-order valence-electron chi connectivity index (χ2n) is 7.21. The first-order valence-electron chi connectivity index (χ1n) is 10.4. The number of nitrogens with zero attached hydrogens (tertiary/aromatic N) is 1. The van der Waals surface area contributed by atoms with Crippen LogP contribution in [0.4, 0.5) is 16.5 Å². The number of aromatic nitrogens is 1. The monoisotopic (exact) mass is 423 g/mol. The largest absolute Gasteiger partial charge is 0.497 e. The number of unbranched alkanes of at least 4 members (excludes halogenated alkanes) is 1. The molecule has 2 aromatic carbocycles. The number of anilines is 3. The van der Waals surface area contributed by atoms with Gasteiger partial charge in [0.2, 0.25) is 5.91 Å². The molecule has 0 aliphatic carbocycles.